The van der Waals surface area contributed by atoms with Gasteiger partial charge in [-0.05, 0) is 76.6 Å². The molecule has 0 radical (unpaired) electrons. The van der Waals surface area contributed by atoms with Crippen LogP contribution in [-0.4, -0.2) is 28.1 Å². The third-order valence-electron chi connectivity index (χ3n) is 5.05. The molecule has 1 aromatic carbocycles. The van der Waals surface area contributed by atoms with Crippen LogP contribution in [0.15, 0.2) is 41.8 Å². The molecule has 0 saturated carbocycles. The van der Waals surface area contributed by atoms with Crippen molar-refractivity contribution in [3.05, 3.63) is 52.2 Å². The van der Waals surface area contributed by atoms with Crippen LogP contribution in [0.5, 0.6) is 0 Å². The Bertz CT molecular complexity index is 767. The highest BCUT2D eigenvalue weighted by Crippen LogP contribution is 2.33. The van der Waals surface area contributed by atoms with Gasteiger partial charge in [0.1, 0.15) is 0 Å². The van der Waals surface area contributed by atoms with E-state index in [0.717, 1.165) is 24.1 Å². The number of thiophene rings is 1. The summed E-state index contributed by atoms with van der Waals surface area (Å²) in [5.74, 6) is 0. The van der Waals surface area contributed by atoms with Crippen LogP contribution < -0.4 is 10.6 Å². The number of carbonyl (C=O) groups is 1. The van der Waals surface area contributed by atoms with Crippen molar-refractivity contribution in [2.45, 2.75) is 71.1 Å². The van der Waals surface area contributed by atoms with Crippen LogP contribution in [-0.2, 0) is 6.54 Å². The highest BCUT2D eigenvalue weighted by molar-refractivity contribution is 7.09. The number of anilines is 1. The topological polar surface area (TPSA) is 44.4 Å². The summed E-state index contributed by atoms with van der Waals surface area (Å²) in [4.78, 5) is 16.5. The molecule has 1 aliphatic rings. The molecule has 3 rings (SSSR count). The molecule has 146 valence electrons. The van der Waals surface area contributed by atoms with Crippen LogP contribution in [0.2, 0.25) is 0 Å². The largest absolute Gasteiger partial charge is 0.322 e. The molecule has 1 aliphatic heterocycles. The number of urea groups is 1. The van der Waals surface area contributed by atoms with Crippen molar-refractivity contribution >= 4 is 23.1 Å². The van der Waals surface area contributed by atoms with Crippen molar-refractivity contribution in [1.29, 1.82) is 0 Å². The van der Waals surface area contributed by atoms with Gasteiger partial charge in [-0.3, -0.25) is 0 Å². The molecule has 0 unspecified atom stereocenters. The van der Waals surface area contributed by atoms with Gasteiger partial charge in [0.2, 0.25) is 0 Å². The Kier molecular flexibility index (Phi) is 5.63. The number of nitrogens with one attached hydrogen (secondary N) is 2. The predicted octanol–water partition coefficient (Wildman–Crippen LogP) is 5.40. The Balaban J connectivity index is 1.85. The minimum atomic E-state index is -0.0208. The Hall–Kier alpha value is -1.85. The summed E-state index contributed by atoms with van der Waals surface area (Å²) in [6.07, 6.45) is 1.87. The van der Waals surface area contributed by atoms with Gasteiger partial charge in [0.15, 0.2) is 0 Å². The molecule has 2 heterocycles. The number of benzene rings is 1. The van der Waals surface area contributed by atoms with Crippen molar-refractivity contribution in [3.63, 3.8) is 0 Å². The molecule has 1 fully saturated rings. The number of carbonyl (C=O) groups excluding carboxylic acids is 1. The summed E-state index contributed by atoms with van der Waals surface area (Å²) in [7, 11) is 0. The number of aryl methyl sites for hydroxylation is 1. The molecule has 27 heavy (non-hydrogen) atoms. The Morgan fingerprint density at radius 1 is 1.19 bits per heavy atom. The van der Waals surface area contributed by atoms with Crippen LogP contribution in [0.25, 0.3) is 0 Å². The van der Waals surface area contributed by atoms with E-state index in [9.17, 15) is 4.79 Å². The predicted molar refractivity (Wildman–Crippen MR) is 114 cm³/mol. The lowest BCUT2D eigenvalue weighted by Crippen LogP contribution is -2.63. The Morgan fingerprint density at radius 2 is 1.89 bits per heavy atom. The lowest BCUT2D eigenvalue weighted by Gasteiger charge is -2.49. The molecule has 0 spiro atoms. The second-order valence-corrected chi connectivity index (χ2v) is 9.99. The molecule has 4 nitrogen and oxygen atoms in total. The molecular weight excluding hydrogens is 354 g/mol. The summed E-state index contributed by atoms with van der Waals surface area (Å²) >= 11 is 1.70. The second kappa shape index (κ2) is 7.64. The maximum atomic E-state index is 13.3. The lowest BCUT2D eigenvalue weighted by atomic mass is 9.79. The molecule has 2 amide bonds. The smallest absolute Gasteiger partial charge is 0.316 e. The van der Waals surface area contributed by atoms with Gasteiger partial charge in [-0.1, -0.05) is 18.2 Å². The zero-order valence-electron chi connectivity index (χ0n) is 17.0. The van der Waals surface area contributed by atoms with Gasteiger partial charge in [-0.2, -0.15) is 0 Å². The van der Waals surface area contributed by atoms with Gasteiger partial charge in [0, 0.05) is 27.7 Å². The van der Waals surface area contributed by atoms with E-state index in [1.807, 2.05) is 42.2 Å². The van der Waals surface area contributed by atoms with E-state index in [1.54, 1.807) is 11.3 Å². The second-order valence-electron chi connectivity index (χ2n) is 8.96. The minimum Gasteiger partial charge on any atom is -0.316 e. The Labute approximate surface area is 167 Å². The van der Waals surface area contributed by atoms with Gasteiger partial charge in [-0.15, -0.1) is 11.3 Å². The van der Waals surface area contributed by atoms with Gasteiger partial charge >= 0.3 is 6.03 Å². The first kappa shape index (κ1) is 19.9. The molecule has 1 saturated heterocycles. The average molecular weight is 386 g/mol. The van der Waals surface area contributed by atoms with E-state index in [0.29, 0.717) is 6.54 Å². The molecular formula is C22H31N3OS. The molecule has 0 atom stereocenters. The summed E-state index contributed by atoms with van der Waals surface area (Å²) in [6, 6.07) is 12.3. The van der Waals surface area contributed by atoms with E-state index in [1.165, 1.54) is 4.88 Å². The van der Waals surface area contributed by atoms with Crippen molar-refractivity contribution in [3.8, 4) is 0 Å². The SMILES string of the molecule is Cc1cccc(NC(=O)N(Cc2cccs2)C2CC(C)(C)NC(C)(C)C2)c1. The zero-order chi connectivity index (χ0) is 19.7. The number of piperidine rings is 1. The molecule has 2 aromatic rings. The third kappa shape index (κ3) is 5.33. The number of rotatable bonds is 4. The maximum absolute atomic E-state index is 13.3. The zero-order valence-corrected chi connectivity index (χ0v) is 17.8. The highest BCUT2D eigenvalue weighted by atomic mass is 32.1. The van der Waals surface area contributed by atoms with Crippen molar-refractivity contribution in [2.24, 2.45) is 0 Å². The summed E-state index contributed by atoms with van der Waals surface area (Å²) < 4.78 is 0. The quantitative estimate of drug-likeness (QED) is 0.740. The van der Waals surface area contributed by atoms with Crippen LogP contribution in [0, 0.1) is 6.92 Å². The normalized spacial score (nSPS) is 18.9. The van der Waals surface area contributed by atoms with E-state index < -0.39 is 0 Å². The monoisotopic (exact) mass is 385 g/mol. The van der Waals surface area contributed by atoms with Crippen molar-refractivity contribution in [2.75, 3.05) is 5.32 Å². The Morgan fingerprint density at radius 3 is 2.48 bits per heavy atom. The van der Waals surface area contributed by atoms with Gasteiger partial charge in [-0.25, -0.2) is 4.79 Å². The minimum absolute atomic E-state index is 0.0102. The fourth-order valence-corrected chi connectivity index (χ4v) is 5.05. The fraction of sp³-hybridized carbons (Fsp3) is 0.500. The number of hydrogen-bond donors (Lipinski definition) is 2. The van der Waals surface area contributed by atoms with Crippen molar-refractivity contribution < 1.29 is 4.79 Å². The number of nitrogens with zero attached hydrogens (tertiary/aromatic N) is 1. The van der Waals surface area contributed by atoms with Crippen LogP contribution >= 0.6 is 11.3 Å². The number of hydrogen-bond acceptors (Lipinski definition) is 3. The van der Waals surface area contributed by atoms with Crippen molar-refractivity contribution in [1.82, 2.24) is 10.2 Å². The average Bonchev–Trinajstić information content (AvgIpc) is 3.02. The van der Waals surface area contributed by atoms with Gasteiger partial charge in [0.25, 0.3) is 0 Å². The van der Waals surface area contributed by atoms with Gasteiger partial charge < -0.3 is 15.5 Å². The maximum Gasteiger partial charge on any atom is 0.322 e. The van der Waals surface area contributed by atoms with E-state index >= 15 is 0 Å². The number of amides is 2. The fourth-order valence-electron chi connectivity index (χ4n) is 4.34. The first-order valence-corrected chi connectivity index (χ1v) is 10.5. The molecule has 0 bridgehead atoms. The molecule has 1 aromatic heterocycles. The van der Waals surface area contributed by atoms with E-state index in [4.69, 9.17) is 0 Å². The first-order chi connectivity index (χ1) is 12.6. The summed E-state index contributed by atoms with van der Waals surface area (Å²) in [5, 5.41) is 8.91. The molecule has 5 heteroatoms. The molecule has 2 N–H and O–H groups in total. The first-order valence-electron chi connectivity index (χ1n) is 9.60. The van der Waals surface area contributed by atoms with Crippen LogP contribution in [0.1, 0.15) is 51.0 Å². The van der Waals surface area contributed by atoms with Crippen LogP contribution in [0.3, 0.4) is 0 Å². The standard InChI is InChI=1S/C22H31N3OS/c1-16-8-6-9-17(12-16)23-20(26)25(15-19-10-7-11-27-19)18-13-21(2,3)24-22(4,5)14-18/h6-12,18,24H,13-15H2,1-5H3,(H,23,26). The molecule has 0 aliphatic carbocycles. The van der Waals surface area contributed by atoms with E-state index in [2.05, 4.69) is 49.8 Å². The van der Waals surface area contributed by atoms with Crippen LogP contribution in [0.4, 0.5) is 10.5 Å². The lowest BCUT2D eigenvalue weighted by molar-refractivity contribution is 0.0840. The summed E-state index contributed by atoms with van der Waals surface area (Å²) in [5.41, 5.74) is 1.97. The van der Waals surface area contributed by atoms with E-state index in [-0.39, 0.29) is 23.2 Å². The third-order valence-corrected chi connectivity index (χ3v) is 5.91. The van der Waals surface area contributed by atoms with Gasteiger partial charge in [0.05, 0.1) is 6.54 Å². The highest BCUT2D eigenvalue weighted by Gasteiger charge is 2.41. The summed E-state index contributed by atoms with van der Waals surface area (Å²) in [6.45, 7) is 11.6.